The summed E-state index contributed by atoms with van der Waals surface area (Å²) >= 11 is 2.10. The molecule has 3 aromatic heterocycles. The molecule has 0 saturated carbocycles. The quantitative estimate of drug-likeness (QED) is 0.481. The van der Waals surface area contributed by atoms with Crippen molar-refractivity contribution in [2.45, 2.75) is 4.90 Å². The van der Waals surface area contributed by atoms with Gasteiger partial charge in [0.25, 0.3) is 0 Å². The second-order valence-electron chi connectivity index (χ2n) is 3.94. The molecule has 0 N–H and O–H groups in total. The van der Waals surface area contributed by atoms with Crippen LogP contribution in [0.1, 0.15) is 0 Å². The lowest BCUT2D eigenvalue weighted by molar-refractivity contribution is 0.602. The molecule has 3 heterocycles. The summed E-state index contributed by atoms with van der Waals surface area (Å²) < 4.78 is 26.8. The molecule has 9 heteroatoms. The van der Waals surface area contributed by atoms with Crippen LogP contribution in [0.4, 0.5) is 0 Å². The Hall–Kier alpha value is -1.49. The third kappa shape index (κ3) is 2.23. The van der Waals surface area contributed by atoms with Crippen LogP contribution in [-0.2, 0) is 9.84 Å². The lowest BCUT2D eigenvalue weighted by atomic mass is 10.5. The molecule has 98 valence electrons. The highest BCUT2D eigenvalue weighted by molar-refractivity contribution is 14.1. The van der Waals surface area contributed by atoms with E-state index in [0.29, 0.717) is 11.3 Å². The maximum Gasteiger partial charge on any atom is 0.182 e. The predicted octanol–water partition coefficient (Wildman–Crippen LogP) is 0.923. The van der Waals surface area contributed by atoms with Crippen LogP contribution in [0.15, 0.2) is 35.7 Å². The Balaban J connectivity index is 2.19. The molecule has 3 aromatic rings. The van der Waals surface area contributed by atoms with Crippen LogP contribution in [0.25, 0.3) is 11.3 Å². The summed E-state index contributed by atoms with van der Waals surface area (Å²) in [5.41, 5.74) is 1.25. The average Bonchev–Trinajstić information content (AvgIpc) is 2.92. The molecule has 0 unspecified atom stereocenters. The van der Waals surface area contributed by atoms with Crippen LogP contribution in [0.5, 0.6) is 0 Å². The highest BCUT2D eigenvalue weighted by Gasteiger charge is 2.14. The molecule has 7 nitrogen and oxygen atoms in total. The highest BCUT2D eigenvalue weighted by atomic mass is 127. The number of hydrogen-bond acceptors (Lipinski definition) is 5. The first-order valence-corrected chi connectivity index (χ1v) is 8.17. The van der Waals surface area contributed by atoms with Crippen molar-refractivity contribution in [1.82, 2.24) is 24.4 Å². The summed E-state index contributed by atoms with van der Waals surface area (Å²) in [6, 6.07) is 1.83. The van der Waals surface area contributed by atoms with Crippen molar-refractivity contribution in [2.24, 2.45) is 0 Å². The minimum Gasteiger partial charge on any atom is -0.234 e. The Labute approximate surface area is 122 Å². The Kier molecular flexibility index (Phi) is 2.82. The van der Waals surface area contributed by atoms with Gasteiger partial charge >= 0.3 is 0 Å². The van der Waals surface area contributed by atoms with Crippen LogP contribution < -0.4 is 0 Å². The number of fused-ring (bicyclic) bond motifs is 1. The number of rotatable bonds is 2. The fraction of sp³-hybridized carbons (Fsp3) is 0.100. The average molecular weight is 389 g/mol. The van der Waals surface area contributed by atoms with Gasteiger partial charge in [-0.25, -0.2) is 22.6 Å². The van der Waals surface area contributed by atoms with Crippen molar-refractivity contribution < 1.29 is 8.42 Å². The minimum absolute atomic E-state index is 0.164. The molecule has 3 rings (SSSR count). The Morgan fingerprint density at radius 2 is 2.05 bits per heavy atom. The van der Waals surface area contributed by atoms with Gasteiger partial charge in [-0.2, -0.15) is 10.2 Å². The standard InChI is InChI=1S/C10H8IN5O2S/c1-19(17,18)7-4-12-16(6-7)8-5-13-15-3-2-9(11)14-10(8)15/h2-6H,1H3. The summed E-state index contributed by atoms with van der Waals surface area (Å²) in [5, 5.41) is 8.19. The maximum atomic E-state index is 11.4. The SMILES string of the molecule is CS(=O)(=O)c1cnn(-c2cnn3ccc(I)nc23)c1. The molecule has 0 saturated heterocycles. The zero-order valence-electron chi connectivity index (χ0n) is 9.73. The molecule has 0 amide bonds. The Bertz CT molecular complexity index is 867. The minimum atomic E-state index is -3.27. The van der Waals surface area contributed by atoms with Gasteiger partial charge in [0.2, 0.25) is 0 Å². The number of halogens is 1. The van der Waals surface area contributed by atoms with E-state index < -0.39 is 9.84 Å². The normalized spacial score (nSPS) is 12.1. The molecular weight excluding hydrogens is 381 g/mol. The molecule has 19 heavy (non-hydrogen) atoms. The second kappa shape index (κ2) is 4.27. The van der Waals surface area contributed by atoms with Gasteiger partial charge in [0.1, 0.15) is 14.3 Å². The van der Waals surface area contributed by atoms with E-state index in [0.717, 1.165) is 9.96 Å². The molecule has 0 radical (unpaired) electrons. The van der Waals surface area contributed by atoms with Gasteiger partial charge in [-0.05, 0) is 28.7 Å². The number of aromatic nitrogens is 5. The van der Waals surface area contributed by atoms with E-state index in [1.165, 1.54) is 17.1 Å². The van der Waals surface area contributed by atoms with Gasteiger partial charge in [-0.3, -0.25) is 0 Å². The van der Waals surface area contributed by atoms with Crippen molar-refractivity contribution in [1.29, 1.82) is 0 Å². The topological polar surface area (TPSA) is 82.1 Å². The predicted molar refractivity (Wildman–Crippen MR) is 75.9 cm³/mol. The monoisotopic (exact) mass is 389 g/mol. The maximum absolute atomic E-state index is 11.4. The summed E-state index contributed by atoms with van der Waals surface area (Å²) in [6.07, 6.45) is 7.29. The molecule has 0 aliphatic carbocycles. The van der Waals surface area contributed by atoms with Crippen molar-refractivity contribution in [3.63, 3.8) is 0 Å². The van der Waals surface area contributed by atoms with Crippen molar-refractivity contribution >= 4 is 38.1 Å². The fourth-order valence-electron chi connectivity index (χ4n) is 1.63. The molecule has 0 aliphatic rings. The van der Waals surface area contributed by atoms with E-state index in [-0.39, 0.29) is 4.90 Å². The largest absolute Gasteiger partial charge is 0.234 e. The van der Waals surface area contributed by atoms with E-state index in [1.54, 1.807) is 16.9 Å². The van der Waals surface area contributed by atoms with Crippen molar-refractivity contribution in [2.75, 3.05) is 6.26 Å². The van der Waals surface area contributed by atoms with E-state index in [2.05, 4.69) is 37.8 Å². The molecule has 0 spiro atoms. The molecule has 0 aliphatic heterocycles. The second-order valence-corrected chi connectivity index (χ2v) is 7.06. The Morgan fingerprint density at radius 1 is 1.26 bits per heavy atom. The van der Waals surface area contributed by atoms with E-state index in [4.69, 9.17) is 0 Å². The smallest absolute Gasteiger partial charge is 0.182 e. The number of hydrogen-bond donors (Lipinski definition) is 0. The van der Waals surface area contributed by atoms with E-state index in [9.17, 15) is 8.42 Å². The fourth-order valence-corrected chi connectivity index (χ4v) is 2.55. The van der Waals surface area contributed by atoms with Gasteiger partial charge < -0.3 is 0 Å². The molecule has 0 fully saturated rings. The third-order valence-corrected chi connectivity index (χ3v) is 4.22. The van der Waals surface area contributed by atoms with Gasteiger partial charge in [-0.15, -0.1) is 0 Å². The van der Waals surface area contributed by atoms with Gasteiger partial charge in [0.15, 0.2) is 15.5 Å². The number of sulfone groups is 1. The lowest BCUT2D eigenvalue weighted by Crippen LogP contribution is -1.98. The van der Waals surface area contributed by atoms with Crippen LogP contribution in [0, 0.1) is 3.70 Å². The molecule has 0 aromatic carbocycles. The van der Waals surface area contributed by atoms with Gasteiger partial charge in [0.05, 0.1) is 12.4 Å². The Morgan fingerprint density at radius 3 is 2.74 bits per heavy atom. The lowest BCUT2D eigenvalue weighted by Gasteiger charge is -1.98. The van der Waals surface area contributed by atoms with Crippen LogP contribution in [0.2, 0.25) is 0 Å². The summed E-state index contributed by atoms with van der Waals surface area (Å²) in [4.78, 5) is 4.52. The zero-order chi connectivity index (χ0) is 13.6. The van der Waals surface area contributed by atoms with Crippen LogP contribution in [0.3, 0.4) is 0 Å². The summed E-state index contributed by atoms with van der Waals surface area (Å²) in [7, 11) is -3.27. The highest BCUT2D eigenvalue weighted by Crippen LogP contribution is 2.16. The first-order valence-electron chi connectivity index (χ1n) is 5.20. The summed E-state index contributed by atoms with van der Waals surface area (Å²) in [5.74, 6) is 0. The van der Waals surface area contributed by atoms with Crippen molar-refractivity contribution in [3.8, 4) is 5.69 Å². The molecular formula is C10H8IN5O2S. The first-order chi connectivity index (χ1) is 8.95. The third-order valence-electron chi connectivity index (χ3n) is 2.55. The number of nitrogens with zero attached hydrogens (tertiary/aromatic N) is 5. The first kappa shape index (κ1) is 12.5. The van der Waals surface area contributed by atoms with E-state index >= 15 is 0 Å². The van der Waals surface area contributed by atoms with Crippen molar-refractivity contribution in [3.05, 3.63) is 34.6 Å². The van der Waals surface area contributed by atoms with Crippen LogP contribution >= 0.6 is 22.6 Å². The van der Waals surface area contributed by atoms with E-state index in [1.807, 2.05) is 6.07 Å². The van der Waals surface area contributed by atoms with Crippen LogP contribution in [-0.4, -0.2) is 39.1 Å². The summed E-state index contributed by atoms with van der Waals surface area (Å²) in [6.45, 7) is 0. The van der Waals surface area contributed by atoms with Gasteiger partial charge in [0, 0.05) is 18.6 Å². The molecule has 0 bridgehead atoms. The molecule has 0 atom stereocenters. The van der Waals surface area contributed by atoms with Gasteiger partial charge in [-0.1, -0.05) is 0 Å². The zero-order valence-corrected chi connectivity index (χ0v) is 12.7.